The average Bonchev–Trinajstić information content (AvgIpc) is 2.96. The minimum atomic E-state index is -0.458. The molecule has 0 aliphatic heterocycles. The predicted octanol–water partition coefficient (Wildman–Crippen LogP) is 7.14. The Morgan fingerprint density at radius 2 is 1.49 bits per heavy atom. The van der Waals surface area contributed by atoms with E-state index in [1.54, 1.807) is 36.4 Å². The van der Waals surface area contributed by atoms with E-state index in [2.05, 4.69) is 16.0 Å². The Morgan fingerprint density at radius 1 is 0.756 bits per heavy atom. The van der Waals surface area contributed by atoms with Crippen LogP contribution in [0.25, 0.3) is 6.08 Å². The molecule has 0 saturated carbocycles. The largest absolute Gasteiger partial charge is 0.325 e. The summed E-state index contributed by atoms with van der Waals surface area (Å²) in [6.07, 6.45) is 1.67. The van der Waals surface area contributed by atoms with Crippen LogP contribution in [0.1, 0.15) is 39.5 Å². The molecule has 0 bridgehead atoms. The summed E-state index contributed by atoms with van der Waals surface area (Å²) >= 11 is 1.40. The number of benzene rings is 4. The molecule has 0 aliphatic rings. The molecule has 0 aromatic heterocycles. The van der Waals surface area contributed by atoms with Crippen molar-refractivity contribution in [1.82, 2.24) is 5.32 Å². The number of anilines is 2. The van der Waals surface area contributed by atoms with E-state index >= 15 is 0 Å². The number of thioether (sulfide) groups is 1. The van der Waals surface area contributed by atoms with Gasteiger partial charge < -0.3 is 16.0 Å². The van der Waals surface area contributed by atoms with Gasteiger partial charge in [0.05, 0.1) is 5.25 Å². The monoisotopic (exact) mass is 563 g/mol. The molecule has 1 unspecified atom stereocenters. The van der Waals surface area contributed by atoms with Gasteiger partial charge in [-0.2, -0.15) is 0 Å². The Morgan fingerprint density at radius 3 is 2.24 bits per heavy atom. The lowest BCUT2D eigenvalue weighted by atomic mass is 10.1. The summed E-state index contributed by atoms with van der Waals surface area (Å²) in [6, 6.07) is 29.6. The maximum absolute atomic E-state index is 13.4. The van der Waals surface area contributed by atoms with Crippen molar-refractivity contribution < 1.29 is 14.4 Å². The van der Waals surface area contributed by atoms with Gasteiger partial charge in [-0.25, -0.2) is 0 Å². The Kier molecular flexibility index (Phi) is 9.77. The topological polar surface area (TPSA) is 87.3 Å². The van der Waals surface area contributed by atoms with Crippen LogP contribution in [-0.2, 0) is 9.59 Å². The van der Waals surface area contributed by atoms with Crippen LogP contribution in [0.4, 0.5) is 11.4 Å². The fourth-order valence-corrected chi connectivity index (χ4v) is 4.98. The van der Waals surface area contributed by atoms with Crippen molar-refractivity contribution in [3.05, 3.63) is 131 Å². The summed E-state index contributed by atoms with van der Waals surface area (Å²) in [5.41, 5.74) is 5.78. The lowest BCUT2D eigenvalue weighted by Crippen LogP contribution is -2.30. The van der Waals surface area contributed by atoms with Crippen molar-refractivity contribution >= 4 is 46.9 Å². The third-order valence-corrected chi connectivity index (χ3v) is 7.54. The number of carbonyl (C=O) groups excluding carboxylic acids is 3. The van der Waals surface area contributed by atoms with Crippen LogP contribution in [0.2, 0.25) is 0 Å². The minimum Gasteiger partial charge on any atom is -0.325 e. The Labute approximate surface area is 245 Å². The van der Waals surface area contributed by atoms with E-state index in [1.807, 2.05) is 94.4 Å². The van der Waals surface area contributed by atoms with E-state index in [0.717, 1.165) is 32.8 Å². The van der Waals surface area contributed by atoms with Crippen molar-refractivity contribution in [3.8, 4) is 0 Å². The first-order chi connectivity index (χ1) is 19.7. The molecule has 0 saturated heterocycles. The second-order valence-corrected chi connectivity index (χ2v) is 11.2. The fourth-order valence-electron chi connectivity index (χ4n) is 4.05. The SMILES string of the molecule is Cc1ccc(C)c(NC(=O)C(C)Sc2cccc(NC(=O)/C(=C/c3ccccc3C)NC(=O)c3ccccc3)c2)c1. The zero-order valence-electron chi connectivity index (χ0n) is 23.5. The first-order valence-corrected chi connectivity index (χ1v) is 14.2. The van der Waals surface area contributed by atoms with Crippen molar-refractivity contribution in [1.29, 1.82) is 0 Å². The molecule has 0 fully saturated rings. The zero-order chi connectivity index (χ0) is 29.4. The van der Waals surface area contributed by atoms with Gasteiger partial charge in [-0.1, -0.05) is 60.7 Å². The zero-order valence-corrected chi connectivity index (χ0v) is 24.3. The lowest BCUT2D eigenvalue weighted by molar-refractivity contribution is -0.115. The van der Waals surface area contributed by atoms with Crippen LogP contribution in [0.15, 0.2) is 108 Å². The third-order valence-electron chi connectivity index (χ3n) is 6.44. The highest BCUT2D eigenvalue weighted by molar-refractivity contribution is 8.00. The number of hydrogen-bond acceptors (Lipinski definition) is 4. The molecule has 4 rings (SSSR count). The second-order valence-electron chi connectivity index (χ2n) is 9.78. The molecule has 208 valence electrons. The summed E-state index contributed by atoms with van der Waals surface area (Å²) < 4.78 is 0. The molecule has 4 aromatic carbocycles. The van der Waals surface area contributed by atoms with Crippen LogP contribution >= 0.6 is 11.8 Å². The summed E-state index contributed by atoms with van der Waals surface area (Å²) in [5, 5.41) is 8.32. The summed E-state index contributed by atoms with van der Waals surface area (Å²) in [5.74, 6) is -0.945. The van der Waals surface area contributed by atoms with Gasteiger partial charge >= 0.3 is 0 Å². The Balaban J connectivity index is 1.49. The molecule has 7 heteroatoms. The van der Waals surface area contributed by atoms with Gasteiger partial charge in [0.2, 0.25) is 5.91 Å². The van der Waals surface area contributed by atoms with Crippen molar-refractivity contribution in [2.45, 2.75) is 37.8 Å². The third kappa shape index (κ3) is 8.19. The summed E-state index contributed by atoms with van der Waals surface area (Å²) in [7, 11) is 0. The Hall–Kier alpha value is -4.62. The molecule has 0 radical (unpaired) electrons. The maximum atomic E-state index is 13.4. The molecule has 1 atom stereocenters. The number of rotatable bonds is 9. The molecule has 4 aromatic rings. The number of amides is 3. The lowest BCUT2D eigenvalue weighted by Gasteiger charge is -2.15. The first kappa shape index (κ1) is 29.4. The molecule has 3 N–H and O–H groups in total. The number of nitrogens with one attached hydrogen (secondary N) is 3. The molecule has 3 amide bonds. The van der Waals surface area contributed by atoms with E-state index < -0.39 is 5.91 Å². The van der Waals surface area contributed by atoms with E-state index in [4.69, 9.17) is 0 Å². The highest BCUT2D eigenvalue weighted by Crippen LogP contribution is 2.27. The van der Waals surface area contributed by atoms with Gasteiger partial charge in [0.25, 0.3) is 11.8 Å². The second kappa shape index (κ2) is 13.6. The van der Waals surface area contributed by atoms with Gasteiger partial charge in [0, 0.05) is 21.8 Å². The number of aryl methyl sites for hydroxylation is 3. The van der Waals surface area contributed by atoms with Crippen molar-refractivity contribution in [2.75, 3.05) is 10.6 Å². The summed E-state index contributed by atoms with van der Waals surface area (Å²) in [6.45, 7) is 7.74. The highest BCUT2D eigenvalue weighted by Gasteiger charge is 2.18. The van der Waals surface area contributed by atoms with Crippen molar-refractivity contribution in [2.24, 2.45) is 0 Å². The van der Waals surface area contributed by atoms with Gasteiger partial charge in [-0.15, -0.1) is 11.8 Å². The predicted molar refractivity (Wildman–Crippen MR) is 168 cm³/mol. The molecule has 0 aliphatic carbocycles. The van der Waals surface area contributed by atoms with Crippen LogP contribution < -0.4 is 16.0 Å². The molecule has 0 spiro atoms. The first-order valence-electron chi connectivity index (χ1n) is 13.3. The quantitative estimate of drug-likeness (QED) is 0.149. The highest BCUT2D eigenvalue weighted by atomic mass is 32.2. The van der Waals surface area contributed by atoms with Crippen LogP contribution in [0, 0.1) is 20.8 Å². The molecule has 6 nitrogen and oxygen atoms in total. The molecular weight excluding hydrogens is 530 g/mol. The summed E-state index contributed by atoms with van der Waals surface area (Å²) in [4.78, 5) is 40.1. The molecule has 0 heterocycles. The van der Waals surface area contributed by atoms with Crippen LogP contribution in [-0.4, -0.2) is 23.0 Å². The standard InChI is InChI=1S/C34H33N3O3S/c1-22-17-18-24(3)30(19-22)36-32(38)25(4)41-29-16-10-15-28(21-29)35-34(40)31(20-27-14-9-8-11-23(27)2)37-33(39)26-12-6-5-7-13-26/h5-21,25H,1-4H3,(H,35,40)(H,36,38)(H,37,39)/b31-20-. The van der Waals surface area contributed by atoms with E-state index in [-0.39, 0.29) is 22.8 Å². The van der Waals surface area contributed by atoms with Gasteiger partial charge in [-0.05, 0) is 92.4 Å². The van der Waals surface area contributed by atoms with Gasteiger partial charge in [0.1, 0.15) is 5.70 Å². The Bertz CT molecular complexity index is 1600. The normalized spacial score (nSPS) is 11.9. The molecule has 41 heavy (non-hydrogen) atoms. The van der Waals surface area contributed by atoms with E-state index in [0.29, 0.717) is 11.3 Å². The smallest absolute Gasteiger partial charge is 0.272 e. The van der Waals surface area contributed by atoms with Crippen LogP contribution in [0.3, 0.4) is 0 Å². The average molecular weight is 564 g/mol. The number of hydrogen-bond donors (Lipinski definition) is 3. The minimum absolute atomic E-state index is 0.106. The fraction of sp³-hybridized carbons (Fsp3) is 0.147. The van der Waals surface area contributed by atoms with Gasteiger partial charge in [-0.3, -0.25) is 14.4 Å². The van der Waals surface area contributed by atoms with Crippen molar-refractivity contribution in [3.63, 3.8) is 0 Å². The maximum Gasteiger partial charge on any atom is 0.272 e. The number of carbonyl (C=O) groups is 3. The van der Waals surface area contributed by atoms with E-state index in [1.165, 1.54) is 11.8 Å². The van der Waals surface area contributed by atoms with Crippen LogP contribution in [0.5, 0.6) is 0 Å². The van der Waals surface area contributed by atoms with Gasteiger partial charge in [0.15, 0.2) is 0 Å². The molecular formula is C34H33N3O3S. The van der Waals surface area contributed by atoms with E-state index in [9.17, 15) is 14.4 Å².